The third-order valence-electron chi connectivity index (χ3n) is 5.66. The van der Waals surface area contributed by atoms with Crippen LogP contribution in [0.3, 0.4) is 0 Å². The number of nitrogens with zero attached hydrogens (tertiary/aromatic N) is 3. The second-order valence-corrected chi connectivity index (χ2v) is 7.74. The van der Waals surface area contributed by atoms with Crippen molar-refractivity contribution in [2.24, 2.45) is 0 Å². The molecule has 0 fully saturated rings. The molecule has 5 rings (SSSR count). The topological polar surface area (TPSA) is 111 Å². The Morgan fingerprint density at radius 1 is 1.09 bits per heavy atom. The molecule has 9 nitrogen and oxygen atoms in total. The summed E-state index contributed by atoms with van der Waals surface area (Å²) in [7, 11) is 3.11. The lowest BCUT2D eigenvalue weighted by Gasteiger charge is -2.11. The minimum absolute atomic E-state index is 0.226. The Bertz CT molecular complexity index is 1640. The van der Waals surface area contributed by atoms with Gasteiger partial charge in [-0.25, -0.2) is 14.1 Å². The van der Waals surface area contributed by atoms with Crippen LogP contribution in [0.15, 0.2) is 65.5 Å². The number of halogens is 1. The van der Waals surface area contributed by atoms with Gasteiger partial charge < -0.3 is 14.8 Å². The first-order chi connectivity index (χ1) is 17.0. The number of nitrogens with one attached hydrogen (secondary N) is 2. The van der Waals surface area contributed by atoms with Crippen LogP contribution >= 0.6 is 0 Å². The summed E-state index contributed by atoms with van der Waals surface area (Å²) in [5.41, 5.74) is 2.08. The average Bonchev–Trinajstić information content (AvgIpc) is 3.31. The Labute approximate surface area is 198 Å². The van der Waals surface area contributed by atoms with E-state index in [1.54, 1.807) is 56.7 Å². The number of amides is 1. The summed E-state index contributed by atoms with van der Waals surface area (Å²) in [6, 6.07) is 15.9. The van der Waals surface area contributed by atoms with Gasteiger partial charge in [0.25, 0.3) is 11.5 Å². The molecule has 0 aliphatic rings. The molecule has 0 saturated heterocycles. The van der Waals surface area contributed by atoms with Crippen molar-refractivity contribution in [2.75, 3.05) is 14.2 Å². The number of carbonyl (C=O) groups is 1. The molecule has 0 aliphatic carbocycles. The average molecular weight is 473 g/mol. The number of hydrogen-bond donors (Lipinski definition) is 2. The summed E-state index contributed by atoms with van der Waals surface area (Å²) < 4.78 is 25.8. The highest BCUT2D eigenvalue weighted by molar-refractivity contribution is 5.98. The smallest absolute Gasteiger partial charge is 0.281 e. The van der Waals surface area contributed by atoms with Gasteiger partial charge in [-0.15, -0.1) is 0 Å². The van der Waals surface area contributed by atoms with Gasteiger partial charge in [-0.3, -0.25) is 9.59 Å². The molecular weight excluding hydrogens is 453 g/mol. The van der Waals surface area contributed by atoms with E-state index in [2.05, 4.69) is 20.6 Å². The van der Waals surface area contributed by atoms with Crippen molar-refractivity contribution >= 4 is 22.5 Å². The van der Waals surface area contributed by atoms with Gasteiger partial charge in [0.15, 0.2) is 5.65 Å². The third-order valence-corrected chi connectivity index (χ3v) is 5.66. The van der Waals surface area contributed by atoms with E-state index < -0.39 is 11.4 Å². The minimum atomic E-state index is -0.478. The van der Waals surface area contributed by atoms with Gasteiger partial charge in [-0.1, -0.05) is 12.1 Å². The molecule has 1 amide bonds. The molecule has 0 aliphatic heterocycles. The van der Waals surface area contributed by atoms with Crippen LogP contribution in [0.25, 0.3) is 27.8 Å². The van der Waals surface area contributed by atoms with Gasteiger partial charge in [-0.05, 0) is 42.5 Å². The summed E-state index contributed by atoms with van der Waals surface area (Å²) >= 11 is 0. The second-order valence-electron chi connectivity index (χ2n) is 7.74. The number of benzene rings is 3. The second kappa shape index (κ2) is 8.90. The number of aromatic nitrogens is 4. The molecule has 35 heavy (non-hydrogen) atoms. The highest BCUT2D eigenvalue weighted by atomic mass is 19.1. The van der Waals surface area contributed by atoms with E-state index in [0.717, 1.165) is 5.56 Å². The molecule has 2 heterocycles. The van der Waals surface area contributed by atoms with E-state index in [4.69, 9.17) is 9.47 Å². The normalized spacial score (nSPS) is 11.1. The predicted molar refractivity (Wildman–Crippen MR) is 127 cm³/mol. The zero-order valence-corrected chi connectivity index (χ0v) is 18.8. The van der Waals surface area contributed by atoms with Crippen LogP contribution in [0.4, 0.5) is 4.39 Å². The van der Waals surface area contributed by atoms with Crippen LogP contribution in [0.5, 0.6) is 11.5 Å². The fourth-order valence-corrected chi connectivity index (χ4v) is 3.87. The van der Waals surface area contributed by atoms with Crippen molar-refractivity contribution in [3.8, 4) is 22.8 Å². The molecule has 0 unspecified atom stereocenters. The number of rotatable bonds is 6. The molecule has 10 heteroatoms. The van der Waals surface area contributed by atoms with E-state index in [-0.39, 0.29) is 18.1 Å². The predicted octanol–water partition coefficient (Wildman–Crippen LogP) is 3.32. The summed E-state index contributed by atoms with van der Waals surface area (Å²) in [6.45, 7) is 0.226. The number of ether oxygens (including phenoxy) is 2. The van der Waals surface area contributed by atoms with Gasteiger partial charge in [0.1, 0.15) is 23.0 Å². The fourth-order valence-electron chi connectivity index (χ4n) is 3.87. The van der Waals surface area contributed by atoms with Gasteiger partial charge in [0, 0.05) is 29.3 Å². The highest BCUT2D eigenvalue weighted by Gasteiger charge is 2.16. The maximum atomic E-state index is 13.7. The van der Waals surface area contributed by atoms with Crippen LogP contribution in [-0.4, -0.2) is 39.9 Å². The summed E-state index contributed by atoms with van der Waals surface area (Å²) in [6.07, 6.45) is 0. The van der Waals surface area contributed by atoms with E-state index in [1.165, 1.54) is 16.6 Å². The first-order valence-corrected chi connectivity index (χ1v) is 10.6. The van der Waals surface area contributed by atoms with Crippen molar-refractivity contribution < 1.29 is 18.7 Å². The Hall–Kier alpha value is -4.73. The van der Waals surface area contributed by atoms with Crippen LogP contribution in [-0.2, 0) is 6.54 Å². The number of hydrogen-bond acceptors (Lipinski definition) is 6. The molecule has 0 spiro atoms. The largest absolute Gasteiger partial charge is 0.497 e. The van der Waals surface area contributed by atoms with E-state index in [0.29, 0.717) is 39.2 Å². The molecule has 5 aromatic rings. The lowest BCUT2D eigenvalue weighted by molar-refractivity contribution is 0.0951. The van der Waals surface area contributed by atoms with Gasteiger partial charge >= 0.3 is 0 Å². The number of methoxy groups -OCH3 is 2. The lowest BCUT2D eigenvalue weighted by atomic mass is 10.1. The van der Waals surface area contributed by atoms with Crippen LogP contribution in [0.1, 0.15) is 15.9 Å². The number of fused-ring (bicyclic) bond motifs is 3. The Kier molecular flexibility index (Phi) is 5.61. The first kappa shape index (κ1) is 22.1. The van der Waals surface area contributed by atoms with Crippen molar-refractivity contribution in [3.05, 3.63) is 88.0 Å². The monoisotopic (exact) mass is 473 g/mol. The fraction of sp³-hybridized carbons (Fsp3) is 0.120. The van der Waals surface area contributed by atoms with Crippen molar-refractivity contribution in [3.63, 3.8) is 0 Å². The molecule has 3 aromatic carbocycles. The number of carbonyl (C=O) groups excluding carboxylic acids is 1. The minimum Gasteiger partial charge on any atom is -0.497 e. The van der Waals surface area contributed by atoms with Crippen molar-refractivity contribution in [1.29, 1.82) is 0 Å². The van der Waals surface area contributed by atoms with Gasteiger partial charge in [0.2, 0.25) is 0 Å². The zero-order chi connectivity index (χ0) is 24.5. The Morgan fingerprint density at radius 3 is 2.71 bits per heavy atom. The van der Waals surface area contributed by atoms with Crippen molar-refractivity contribution in [2.45, 2.75) is 6.54 Å². The molecule has 0 saturated carbocycles. The van der Waals surface area contributed by atoms with E-state index in [1.807, 2.05) is 6.07 Å². The Balaban J connectivity index is 1.49. The molecular formula is C25H20FN5O4. The quantitative estimate of drug-likeness (QED) is 0.392. The zero-order valence-electron chi connectivity index (χ0n) is 18.8. The molecule has 2 N–H and O–H groups in total. The van der Waals surface area contributed by atoms with Crippen LogP contribution in [0.2, 0.25) is 0 Å². The van der Waals surface area contributed by atoms with Gasteiger partial charge in [-0.2, -0.15) is 10.1 Å². The molecule has 2 aromatic heterocycles. The summed E-state index contributed by atoms with van der Waals surface area (Å²) in [4.78, 5) is 29.7. The summed E-state index contributed by atoms with van der Waals surface area (Å²) in [5.74, 6) is 0.461. The molecule has 0 atom stereocenters. The summed E-state index contributed by atoms with van der Waals surface area (Å²) in [5, 5.41) is 10.2. The maximum absolute atomic E-state index is 13.7. The van der Waals surface area contributed by atoms with Gasteiger partial charge in [0.05, 0.1) is 25.1 Å². The standard InChI is InChI=1S/C25H20FN5O4/c1-34-18-8-6-16(21(12-18)35-2)13-27-24(32)15-7-9-19-20(11-15)31-23(28-25(19)33)22(29-30-31)14-4-3-5-17(26)10-14/h3-12,30H,13H2,1-2H3,(H,27,32). The Morgan fingerprint density at radius 2 is 1.94 bits per heavy atom. The van der Waals surface area contributed by atoms with Crippen LogP contribution in [0, 0.1) is 5.82 Å². The molecule has 176 valence electrons. The first-order valence-electron chi connectivity index (χ1n) is 10.6. The molecule has 0 bridgehead atoms. The van der Waals surface area contributed by atoms with E-state index in [9.17, 15) is 14.0 Å². The molecule has 0 radical (unpaired) electrons. The van der Waals surface area contributed by atoms with E-state index >= 15 is 0 Å². The van der Waals surface area contributed by atoms with Crippen LogP contribution < -0.4 is 20.3 Å². The van der Waals surface area contributed by atoms with Crippen molar-refractivity contribution in [1.82, 2.24) is 25.1 Å². The highest BCUT2D eigenvalue weighted by Crippen LogP contribution is 2.25. The number of H-pyrrole nitrogens is 1. The lowest BCUT2D eigenvalue weighted by Crippen LogP contribution is -2.23. The number of aromatic amines is 1. The SMILES string of the molecule is COc1ccc(CNC(=O)c2ccc3c(=O)nc4c(-c5cccc(F)c5)n[nH]n4c3c2)c(OC)c1. The maximum Gasteiger partial charge on any atom is 0.281 e. The third kappa shape index (κ3) is 4.05.